The van der Waals surface area contributed by atoms with Crippen LogP contribution in [0.5, 0.6) is 0 Å². The van der Waals surface area contributed by atoms with E-state index >= 15 is 0 Å². The van der Waals surface area contributed by atoms with Crippen molar-refractivity contribution in [2.45, 2.75) is 57.5 Å². The zero-order chi connectivity index (χ0) is 28.2. The lowest BCUT2D eigenvalue weighted by Gasteiger charge is -2.34. The Balaban J connectivity index is 1.84. The molecular weight excluding hydrogens is 496 g/mol. The summed E-state index contributed by atoms with van der Waals surface area (Å²) in [4.78, 5) is 53.4. The molecule has 2 aliphatic rings. The first-order valence-electron chi connectivity index (χ1n) is 13.6. The summed E-state index contributed by atoms with van der Waals surface area (Å²) in [6.07, 6.45) is 6.64. The maximum atomic E-state index is 13.3. The number of allylic oxidation sites excluding steroid dienone is 1. The molecule has 3 N–H and O–H groups in total. The van der Waals surface area contributed by atoms with Gasteiger partial charge in [-0.2, -0.15) is 0 Å². The summed E-state index contributed by atoms with van der Waals surface area (Å²) >= 11 is 0. The number of aryl methyl sites for hydroxylation is 1. The number of piperidine rings is 1. The van der Waals surface area contributed by atoms with Crippen molar-refractivity contribution in [3.8, 4) is 0 Å². The molecule has 1 unspecified atom stereocenters. The van der Waals surface area contributed by atoms with Gasteiger partial charge in [0.2, 0.25) is 23.6 Å². The summed E-state index contributed by atoms with van der Waals surface area (Å²) in [6, 6.07) is 7.68. The molecule has 9 nitrogen and oxygen atoms in total. The second-order valence-electron chi connectivity index (χ2n) is 10.2. The molecule has 1 aromatic carbocycles. The first-order valence-corrected chi connectivity index (χ1v) is 13.6. The molecule has 2 heterocycles. The van der Waals surface area contributed by atoms with Crippen LogP contribution in [0.1, 0.15) is 44.6 Å². The van der Waals surface area contributed by atoms with E-state index in [1.54, 1.807) is 17.1 Å². The normalized spacial score (nSPS) is 25.1. The first-order chi connectivity index (χ1) is 18.7. The largest absolute Gasteiger partial charge is 0.494 e. The van der Waals surface area contributed by atoms with E-state index in [4.69, 9.17) is 4.74 Å². The molecule has 210 valence electrons. The van der Waals surface area contributed by atoms with Gasteiger partial charge in [0.1, 0.15) is 17.8 Å². The second-order valence-corrected chi connectivity index (χ2v) is 10.2. The van der Waals surface area contributed by atoms with Gasteiger partial charge in [0, 0.05) is 26.6 Å². The highest BCUT2D eigenvalue weighted by atomic mass is 16.5. The van der Waals surface area contributed by atoms with Crippen LogP contribution < -0.4 is 16.0 Å². The maximum Gasteiger partial charge on any atom is 0.243 e. The Labute approximate surface area is 230 Å². The predicted molar refractivity (Wildman–Crippen MR) is 149 cm³/mol. The van der Waals surface area contributed by atoms with E-state index in [1.165, 1.54) is 6.92 Å². The Morgan fingerprint density at radius 3 is 2.67 bits per heavy atom. The summed E-state index contributed by atoms with van der Waals surface area (Å²) in [5.41, 5.74) is 1.64. The molecule has 1 fully saturated rings. The average molecular weight is 537 g/mol. The number of nitrogens with one attached hydrogen (secondary N) is 3. The summed E-state index contributed by atoms with van der Waals surface area (Å²) in [5.74, 6) is -0.754. The quantitative estimate of drug-likeness (QED) is 0.534. The summed E-state index contributed by atoms with van der Waals surface area (Å²) in [6.45, 7) is 10.9. The molecule has 4 amide bonds. The number of rotatable bonds is 5. The van der Waals surface area contributed by atoms with Crippen LogP contribution >= 0.6 is 0 Å². The highest BCUT2D eigenvalue weighted by Gasteiger charge is 2.31. The fourth-order valence-corrected chi connectivity index (χ4v) is 4.86. The second kappa shape index (κ2) is 14.9. The SMILES string of the molecule is C=C/C1=C\C(=C)CNC(=O)[C@H](CCc2ccccc2)NC(=O)[C@@H](NC(C)=O)CC(=O)N2CCCC(CCO1)C2. The molecule has 3 rings (SSSR count). The topological polar surface area (TPSA) is 117 Å². The Kier molecular flexibility index (Phi) is 11.3. The lowest BCUT2D eigenvalue weighted by atomic mass is 9.94. The monoisotopic (exact) mass is 536 g/mol. The number of ether oxygens (including phenoxy) is 1. The van der Waals surface area contributed by atoms with Gasteiger partial charge in [-0.3, -0.25) is 19.2 Å². The van der Waals surface area contributed by atoms with Gasteiger partial charge in [0.25, 0.3) is 0 Å². The molecule has 2 aliphatic heterocycles. The van der Waals surface area contributed by atoms with Gasteiger partial charge in [0.15, 0.2) is 0 Å². The van der Waals surface area contributed by atoms with E-state index in [1.807, 2.05) is 30.3 Å². The summed E-state index contributed by atoms with van der Waals surface area (Å²) in [5, 5.41) is 8.22. The minimum atomic E-state index is -1.09. The van der Waals surface area contributed by atoms with E-state index in [-0.39, 0.29) is 30.7 Å². The molecule has 9 heteroatoms. The van der Waals surface area contributed by atoms with Crippen molar-refractivity contribution < 1.29 is 23.9 Å². The van der Waals surface area contributed by atoms with E-state index in [9.17, 15) is 19.2 Å². The lowest BCUT2D eigenvalue weighted by Crippen LogP contribution is -2.55. The number of carbonyl (C=O) groups excluding carboxylic acids is 4. The van der Waals surface area contributed by atoms with Crippen molar-refractivity contribution in [3.05, 3.63) is 72.5 Å². The first kappa shape index (κ1) is 29.7. The molecule has 3 atom stereocenters. The van der Waals surface area contributed by atoms with Gasteiger partial charge in [-0.1, -0.05) is 43.5 Å². The van der Waals surface area contributed by atoms with Crippen molar-refractivity contribution in [1.82, 2.24) is 20.9 Å². The zero-order valence-corrected chi connectivity index (χ0v) is 22.7. The third-order valence-electron chi connectivity index (χ3n) is 6.97. The smallest absolute Gasteiger partial charge is 0.243 e. The molecule has 0 aliphatic carbocycles. The van der Waals surface area contributed by atoms with Crippen LogP contribution in [0, 0.1) is 5.92 Å². The van der Waals surface area contributed by atoms with Crippen LogP contribution in [-0.2, 0) is 30.3 Å². The van der Waals surface area contributed by atoms with Crippen molar-refractivity contribution in [2.75, 3.05) is 26.2 Å². The van der Waals surface area contributed by atoms with E-state index in [0.717, 1.165) is 24.8 Å². The maximum absolute atomic E-state index is 13.3. The van der Waals surface area contributed by atoms with Crippen molar-refractivity contribution in [1.29, 1.82) is 0 Å². The van der Waals surface area contributed by atoms with Crippen molar-refractivity contribution in [2.24, 2.45) is 5.92 Å². The Bertz CT molecular complexity index is 1080. The number of carbonyl (C=O) groups is 4. The third kappa shape index (κ3) is 9.74. The van der Waals surface area contributed by atoms with Crippen LogP contribution in [-0.4, -0.2) is 66.9 Å². The van der Waals surface area contributed by atoms with E-state index < -0.39 is 23.9 Å². The molecule has 1 saturated heterocycles. The van der Waals surface area contributed by atoms with Crippen LogP contribution in [0.25, 0.3) is 0 Å². The van der Waals surface area contributed by atoms with Crippen LogP contribution in [0.4, 0.5) is 0 Å². The van der Waals surface area contributed by atoms with Gasteiger partial charge in [-0.15, -0.1) is 0 Å². The molecule has 1 aromatic rings. The Hall–Kier alpha value is -3.88. The Morgan fingerprint density at radius 2 is 1.95 bits per heavy atom. The fraction of sp³-hybridized carbons (Fsp3) is 0.467. The predicted octanol–water partition coefficient (Wildman–Crippen LogP) is 2.40. The molecular formula is C30H40N4O5. The molecule has 0 spiro atoms. The minimum absolute atomic E-state index is 0.155. The van der Waals surface area contributed by atoms with E-state index in [0.29, 0.717) is 43.9 Å². The number of hydrogen-bond donors (Lipinski definition) is 3. The van der Waals surface area contributed by atoms with Gasteiger partial charge in [-0.25, -0.2) is 0 Å². The minimum Gasteiger partial charge on any atom is -0.494 e. The summed E-state index contributed by atoms with van der Waals surface area (Å²) in [7, 11) is 0. The number of benzene rings is 1. The van der Waals surface area contributed by atoms with Crippen LogP contribution in [0.3, 0.4) is 0 Å². The number of nitrogens with zero attached hydrogens (tertiary/aromatic N) is 1. The lowest BCUT2D eigenvalue weighted by molar-refractivity contribution is -0.138. The van der Waals surface area contributed by atoms with Gasteiger partial charge < -0.3 is 25.6 Å². The molecule has 39 heavy (non-hydrogen) atoms. The average Bonchev–Trinajstić information content (AvgIpc) is 2.92. The Morgan fingerprint density at radius 1 is 1.18 bits per heavy atom. The number of amides is 4. The fourth-order valence-electron chi connectivity index (χ4n) is 4.86. The van der Waals surface area contributed by atoms with Gasteiger partial charge in [0.05, 0.1) is 13.0 Å². The van der Waals surface area contributed by atoms with Gasteiger partial charge >= 0.3 is 0 Å². The standard InChI is InChI=1S/C30H40N4O5/c1-4-25-17-21(2)19-31-29(37)26(13-12-23-9-6-5-7-10-23)33-30(38)27(32-22(3)35)18-28(36)34-15-8-11-24(20-34)14-16-39-25/h4-7,9-10,17,24,26-27H,1-2,8,11-16,18-20H2,3H3,(H,31,37)(H,32,35)(H,33,38)/b25-17+/t24?,26-,27-/m0/s1. The van der Waals surface area contributed by atoms with Crippen LogP contribution in [0.2, 0.25) is 0 Å². The number of hydrogen-bond acceptors (Lipinski definition) is 5. The molecule has 0 radical (unpaired) electrons. The summed E-state index contributed by atoms with van der Waals surface area (Å²) < 4.78 is 5.90. The third-order valence-corrected chi connectivity index (χ3v) is 6.97. The molecule has 2 bridgehead atoms. The highest BCUT2D eigenvalue weighted by molar-refractivity contribution is 5.94. The number of fused-ring (bicyclic) bond motifs is 2. The van der Waals surface area contributed by atoms with E-state index in [2.05, 4.69) is 29.1 Å². The molecule has 0 saturated carbocycles. The molecule has 0 aromatic heterocycles. The highest BCUT2D eigenvalue weighted by Crippen LogP contribution is 2.21. The van der Waals surface area contributed by atoms with Crippen molar-refractivity contribution in [3.63, 3.8) is 0 Å². The van der Waals surface area contributed by atoms with Crippen molar-refractivity contribution >= 4 is 23.6 Å². The van der Waals surface area contributed by atoms with Crippen LogP contribution in [0.15, 0.2) is 67.0 Å². The van der Waals surface area contributed by atoms with Gasteiger partial charge in [-0.05, 0) is 61.3 Å². The zero-order valence-electron chi connectivity index (χ0n) is 22.7.